The highest BCUT2D eigenvalue weighted by atomic mass is 79.9. The molecule has 0 N–H and O–H groups in total. The first-order valence-electron chi connectivity index (χ1n) is 9.45. The molecule has 28 heavy (non-hydrogen) atoms. The van der Waals surface area contributed by atoms with Crippen molar-refractivity contribution in [3.05, 3.63) is 108 Å². The molecule has 4 aromatic rings. The predicted molar refractivity (Wildman–Crippen MR) is 113 cm³/mol. The number of nitrogens with zero attached hydrogens (tertiary/aromatic N) is 2. The first-order valence-corrected chi connectivity index (χ1v) is 9.45. The molecule has 0 radical (unpaired) electrons. The van der Waals surface area contributed by atoms with Gasteiger partial charge in [0.05, 0.1) is 6.67 Å². The van der Waals surface area contributed by atoms with Crippen LogP contribution >= 0.6 is 0 Å². The lowest BCUT2D eigenvalue weighted by molar-refractivity contribution is -0.00000525. The monoisotopic (exact) mass is 429 g/mol. The molecule has 0 bridgehead atoms. The zero-order chi connectivity index (χ0) is 18.1. The Balaban J connectivity index is 0.00000192. The van der Waals surface area contributed by atoms with E-state index in [1.807, 2.05) is 0 Å². The fraction of sp³-hybridized carbons (Fsp3) is 0.120. The Hall–Kier alpha value is -2.78. The summed E-state index contributed by atoms with van der Waals surface area (Å²) in [5.74, 6) is 0. The van der Waals surface area contributed by atoms with Crippen molar-refractivity contribution >= 4 is 21.5 Å². The molecular formula is C25H22BrN2-. The maximum Gasteiger partial charge on any atom is 0.0900 e. The van der Waals surface area contributed by atoms with Crippen LogP contribution in [0.3, 0.4) is 0 Å². The van der Waals surface area contributed by atoms with Gasteiger partial charge in [0.1, 0.15) is 0 Å². The average Bonchev–Trinajstić information content (AvgIpc) is 3.14. The van der Waals surface area contributed by atoms with Crippen molar-refractivity contribution in [1.82, 2.24) is 9.80 Å². The molecule has 1 heterocycles. The number of fused-ring (bicyclic) bond motifs is 2. The third kappa shape index (κ3) is 3.90. The SMILES string of the molecule is C1=CN(Cc2ccc3ccccc3c2)CN1Cc1ccc2ccccc2c1.[Br-]. The zero-order valence-corrected chi connectivity index (χ0v) is 17.2. The van der Waals surface area contributed by atoms with Crippen LogP contribution in [0.15, 0.2) is 97.3 Å². The van der Waals surface area contributed by atoms with E-state index < -0.39 is 0 Å². The summed E-state index contributed by atoms with van der Waals surface area (Å²) in [6.45, 7) is 2.81. The number of halogens is 1. The van der Waals surface area contributed by atoms with Gasteiger partial charge in [-0.3, -0.25) is 0 Å². The molecule has 1 aliphatic heterocycles. The lowest BCUT2D eigenvalue weighted by atomic mass is 10.1. The minimum Gasteiger partial charge on any atom is -1.00 e. The van der Waals surface area contributed by atoms with Crippen molar-refractivity contribution in [2.45, 2.75) is 13.1 Å². The molecule has 0 saturated heterocycles. The second kappa shape index (κ2) is 8.07. The first kappa shape index (κ1) is 18.6. The van der Waals surface area contributed by atoms with Crippen molar-refractivity contribution in [1.29, 1.82) is 0 Å². The van der Waals surface area contributed by atoms with Crippen LogP contribution in [0.1, 0.15) is 11.1 Å². The second-order valence-corrected chi connectivity index (χ2v) is 7.30. The van der Waals surface area contributed by atoms with Crippen LogP contribution in [-0.4, -0.2) is 16.5 Å². The van der Waals surface area contributed by atoms with Gasteiger partial charge in [0.25, 0.3) is 0 Å². The molecule has 0 spiro atoms. The molecule has 0 unspecified atom stereocenters. The van der Waals surface area contributed by atoms with Gasteiger partial charge in [-0.05, 0) is 44.8 Å². The molecule has 4 aromatic carbocycles. The Morgan fingerprint density at radius 2 is 0.964 bits per heavy atom. The Morgan fingerprint density at radius 3 is 1.43 bits per heavy atom. The maximum absolute atomic E-state index is 2.37. The van der Waals surface area contributed by atoms with Crippen molar-refractivity contribution < 1.29 is 17.0 Å². The minimum absolute atomic E-state index is 0. The van der Waals surface area contributed by atoms with Crippen molar-refractivity contribution in [2.75, 3.05) is 6.67 Å². The van der Waals surface area contributed by atoms with E-state index in [4.69, 9.17) is 0 Å². The summed E-state index contributed by atoms with van der Waals surface area (Å²) >= 11 is 0. The third-order valence-electron chi connectivity index (χ3n) is 5.25. The van der Waals surface area contributed by atoms with Gasteiger partial charge in [-0.1, -0.05) is 72.8 Å². The topological polar surface area (TPSA) is 6.48 Å². The van der Waals surface area contributed by atoms with E-state index in [0.717, 1.165) is 19.8 Å². The predicted octanol–water partition coefficient (Wildman–Crippen LogP) is 2.74. The Bertz CT molecular complexity index is 1050. The number of hydrogen-bond donors (Lipinski definition) is 0. The molecule has 140 valence electrons. The molecule has 0 amide bonds. The van der Waals surface area contributed by atoms with Gasteiger partial charge in [-0.25, -0.2) is 0 Å². The minimum atomic E-state index is 0. The number of rotatable bonds is 4. The molecule has 0 saturated carbocycles. The van der Waals surface area contributed by atoms with Gasteiger partial charge < -0.3 is 26.8 Å². The summed E-state index contributed by atoms with van der Waals surface area (Å²) in [5, 5.41) is 5.23. The van der Waals surface area contributed by atoms with Crippen LogP contribution in [0, 0.1) is 0 Å². The normalized spacial score (nSPS) is 13.3. The molecule has 3 heteroatoms. The van der Waals surface area contributed by atoms with E-state index >= 15 is 0 Å². The molecule has 0 fully saturated rings. The third-order valence-corrected chi connectivity index (χ3v) is 5.25. The van der Waals surface area contributed by atoms with Gasteiger partial charge >= 0.3 is 0 Å². The van der Waals surface area contributed by atoms with Crippen molar-refractivity contribution in [3.63, 3.8) is 0 Å². The summed E-state index contributed by atoms with van der Waals surface area (Å²) in [6.07, 6.45) is 4.41. The van der Waals surface area contributed by atoms with Crippen LogP contribution < -0.4 is 17.0 Å². The van der Waals surface area contributed by atoms with E-state index in [-0.39, 0.29) is 17.0 Å². The summed E-state index contributed by atoms with van der Waals surface area (Å²) < 4.78 is 0. The van der Waals surface area contributed by atoms with Crippen LogP contribution in [0.4, 0.5) is 0 Å². The molecule has 2 nitrogen and oxygen atoms in total. The first-order chi connectivity index (χ1) is 13.3. The van der Waals surface area contributed by atoms with Gasteiger partial charge in [-0.15, -0.1) is 0 Å². The Morgan fingerprint density at radius 1 is 0.536 bits per heavy atom. The molecule has 5 rings (SSSR count). The van der Waals surface area contributed by atoms with E-state index in [9.17, 15) is 0 Å². The smallest absolute Gasteiger partial charge is 0.0900 e. The number of hydrogen-bond acceptors (Lipinski definition) is 2. The van der Waals surface area contributed by atoms with Crippen LogP contribution in [0.2, 0.25) is 0 Å². The fourth-order valence-electron chi connectivity index (χ4n) is 3.86. The van der Waals surface area contributed by atoms with Gasteiger partial charge in [0, 0.05) is 25.5 Å². The fourth-order valence-corrected chi connectivity index (χ4v) is 3.86. The van der Waals surface area contributed by atoms with E-state index in [0.29, 0.717) is 0 Å². The second-order valence-electron chi connectivity index (χ2n) is 7.30. The van der Waals surface area contributed by atoms with Crippen LogP contribution in [0.25, 0.3) is 21.5 Å². The molecular weight excluding hydrogens is 408 g/mol. The van der Waals surface area contributed by atoms with E-state index in [1.54, 1.807) is 0 Å². The highest BCUT2D eigenvalue weighted by Crippen LogP contribution is 2.21. The van der Waals surface area contributed by atoms with Crippen LogP contribution in [0.5, 0.6) is 0 Å². The van der Waals surface area contributed by atoms with Crippen LogP contribution in [-0.2, 0) is 13.1 Å². The van der Waals surface area contributed by atoms with Gasteiger partial charge in [-0.2, -0.15) is 0 Å². The lowest BCUT2D eigenvalue weighted by Gasteiger charge is -2.22. The summed E-state index contributed by atoms with van der Waals surface area (Å²) in [6, 6.07) is 30.6. The van der Waals surface area contributed by atoms with Gasteiger partial charge in [0.2, 0.25) is 0 Å². The summed E-state index contributed by atoms with van der Waals surface area (Å²) in [4.78, 5) is 4.73. The highest BCUT2D eigenvalue weighted by Gasteiger charge is 2.13. The quantitative estimate of drug-likeness (QED) is 0.492. The largest absolute Gasteiger partial charge is 1.00 e. The summed E-state index contributed by atoms with van der Waals surface area (Å²) in [7, 11) is 0. The lowest BCUT2D eigenvalue weighted by Crippen LogP contribution is -3.00. The van der Waals surface area contributed by atoms with E-state index in [1.165, 1.54) is 32.7 Å². The molecule has 1 aliphatic rings. The molecule has 0 atom stereocenters. The standard InChI is InChI=1S/C25H22N2.BrH/c1-3-7-24-15-20(9-11-22(24)5-1)17-26-13-14-27(19-26)18-21-10-12-23-6-2-4-8-25(23)16-21;/h1-16H,17-19H2;1H/p-1. The van der Waals surface area contributed by atoms with E-state index in [2.05, 4.69) is 107 Å². The number of benzene rings is 4. The Labute approximate surface area is 176 Å². The van der Waals surface area contributed by atoms with Crippen molar-refractivity contribution in [3.8, 4) is 0 Å². The summed E-state index contributed by atoms with van der Waals surface area (Å²) in [5.41, 5.74) is 2.71. The molecule has 0 aliphatic carbocycles. The van der Waals surface area contributed by atoms with Crippen molar-refractivity contribution in [2.24, 2.45) is 0 Å². The zero-order valence-electron chi connectivity index (χ0n) is 15.6. The maximum atomic E-state index is 2.37. The highest BCUT2D eigenvalue weighted by molar-refractivity contribution is 5.83. The Kier molecular flexibility index (Phi) is 5.36. The van der Waals surface area contributed by atoms with Gasteiger partial charge in [0.15, 0.2) is 0 Å². The average molecular weight is 430 g/mol. The molecule has 0 aromatic heterocycles.